The highest BCUT2D eigenvalue weighted by molar-refractivity contribution is 5.79. The number of likely N-dealkylation sites (tertiary alicyclic amines) is 1. The summed E-state index contributed by atoms with van der Waals surface area (Å²) in [6.07, 6.45) is 6.12. The molecule has 4 heteroatoms. The van der Waals surface area contributed by atoms with Crippen molar-refractivity contribution in [1.29, 1.82) is 0 Å². The molecule has 0 aromatic carbocycles. The molecule has 0 saturated carbocycles. The zero-order chi connectivity index (χ0) is 15.2. The van der Waals surface area contributed by atoms with Gasteiger partial charge in [-0.15, -0.1) is 0 Å². The summed E-state index contributed by atoms with van der Waals surface area (Å²) in [6, 6.07) is 0.0198. The number of esters is 1. The monoisotopic (exact) mass is 283 g/mol. The first-order valence-electron chi connectivity index (χ1n) is 7.85. The van der Waals surface area contributed by atoms with Crippen molar-refractivity contribution >= 4 is 11.9 Å². The first kappa shape index (κ1) is 17.0. The first-order valence-corrected chi connectivity index (χ1v) is 7.85. The normalized spacial score (nSPS) is 17.4. The predicted octanol–water partition coefficient (Wildman–Crippen LogP) is 3.29. The summed E-state index contributed by atoms with van der Waals surface area (Å²) in [5.74, 6) is -0.00578. The highest BCUT2D eigenvalue weighted by Gasteiger charge is 2.30. The average molecular weight is 283 g/mol. The summed E-state index contributed by atoms with van der Waals surface area (Å²) in [6.45, 7) is 8.57. The Bertz CT molecular complexity index is 333. The average Bonchev–Trinajstić information content (AvgIpc) is 2.72. The van der Waals surface area contributed by atoms with Gasteiger partial charge in [0.15, 0.2) is 0 Å². The second-order valence-corrected chi connectivity index (χ2v) is 6.63. The van der Waals surface area contributed by atoms with E-state index < -0.39 is 5.60 Å². The zero-order valence-electron chi connectivity index (χ0n) is 13.4. The van der Waals surface area contributed by atoms with Crippen LogP contribution in [0.4, 0.5) is 0 Å². The van der Waals surface area contributed by atoms with Crippen LogP contribution in [0, 0.1) is 0 Å². The number of carbonyl (C=O) groups is 2. The van der Waals surface area contributed by atoms with Crippen LogP contribution >= 0.6 is 0 Å². The van der Waals surface area contributed by atoms with Gasteiger partial charge in [0, 0.05) is 19.0 Å². The molecule has 1 aliphatic heterocycles. The van der Waals surface area contributed by atoms with Crippen LogP contribution in [0.5, 0.6) is 0 Å². The fourth-order valence-electron chi connectivity index (χ4n) is 2.63. The number of hydrogen-bond donors (Lipinski definition) is 0. The number of ether oxygens (including phenoxy) is 1. The van der Waals surface area contributed by atoms with Crippen LogP contribution in [0.15, 0.2) is 0 Å². The van der Waals surface area contributed by atoms with Crippen molar-refractivity contribution in [3.63, 3.8) is 0 Å². The quantitative estimate of drug-likeness (QED) is 0.532. The van der Waals surface area contributed by atoms with Gasteiger partial charge >= 0.3 is 5.97 Å². The molecule has 0 unspecified atom stereocenters. The van der Waals surface area contributed by atoms with Gasteiger partial charge in [-0.1, -0.05) is 26.2 Å². The van der Waals surface area contributed by atoms with Crippen molar-refractivity contribution in [2.24, 2.45) is 0 Å². The van der Waals surface area contributed by atoms with E-state index in [2.05, 4.69) is 6.92 Å². The third-order valence-electron chi connectivity index (χ3n) is 3.51. The third kappa shape index (κ3) is 5.93. The summed E-state index contributed by atoms with van der Waals surface area (Å²) in [7, 11) is 0. The Morgan fingerprint density at radius 2 is 2.05 bits per heavy atom. The number of hydrogen-bond acceptors (Lipinski definition) is 3. The van der Waals surface area contributed by atoms with Crippen molar-refractivity contribution in [2.75, 3.05) is 6.54 Å². The Morgan fingerprint density at radius 1 is 1.35 bits per heavy atom. The fraction of sp³-hybridized carbons (Fsp3) is 0.875. The van der Waals surface area contributed by atoms with Crippen molar-refractivity contribution < 1.29 is 14.3 Å². The summed E-state index contributed by atoms with van der Waals surface area (Å²) in [5.41, 5.74) is -0.458. The third-order valence-corrected chi connectivity index (χ3v) is 3.51. The van der Waals surface area contributed by atoms with Crippen molar-refractivity contribution in [3.8, 4) is 0 Å². The molecule has 20 heavy (non-hydrogen) atoms. The molecular weight excluding hydrogens is 254 g/mol. The van der Waals surface area contributed by atoms with Gasteiger partial charge in [-0.25, -0.2) is 0 Å². The van der Waals surface area contributed by atoms with Gasteiger partial charge in [-0.3, -0.25) is 9.59 Å². The molecule has 0 aliphatic carbocycles. The molecule has 0 aromatic heterocycles. The topological polar surface area (TPSA) is 46.6 Å². The Morgan fingerprint density at radius 3 is 2.55 bits per heavy atom. The predicted molar refractivity (Wildman–Crippen MR) is 79.3 cm³/mol. The highest BCUT2D eigenvalue weighted by atomic mass is 16.6. The molecule has 0 spiro atoms. The van der Waals surface area contributed by atoms with Crippen molar-refractivity contribution in [2.45, 2.75) is 84.3 Å². The number of amides is 1. The summed E-state index contributed by atoms with van der Waals surface area (Å²) < 4.78 is 5.39. The van der Waals surface area contributed by atoms with Crippen LogP contribution in [0.1, 0.15) is 72.6 Å². The zero-order valence-corrected chi connectivity index (χ0v) is 13.4. The van der Waals surface area contributed by atoms with Gasteiger partial charge in [0.1, 0.15) is 5.60 Å². The standard InChI is InChI=1S/C16H29NO3/c1-5-6-7-9-13(17-11-8-10-14(17)18)12-15(19)20-16(2,3)4/h13H,5-12H2,1-4H3/t13-/m1/s1. The molecular formula is C16H29NO3. The lowest BCUT2D eigenvalue weighted by atomic mass is 10.0. The molecule has 0 bridgehead atoms. The van der Waals surface area contributed by atoms with E-state index >= 15 is 0 Å². The Kier molecular flexibility index (Phi) is 6.50. The summed E-state index contributed by atoms with van der Waals surface area (Å²) in [4.78, 5) is 25.8. The van der Waals surface area contributed by atoms with E-state index in [9.17, 15) is 9.59 Å². The molecule has 1 rings (SSSR count). The van der Waals surface area contributed by atoms with Gasteiger partial charge in [0.25, 0.3) is 0 Å². The Balaban J connectivity index is 2.57. The van der Waals surface area contributed by atoms with E-state index in [1.807, 2.05) is 25.7 Å². The molecule has 1 atom stereocenters. The van der Waals surface area contributed by atoms with Crippen LogP contribution in [-0.4, -0.2) is 35.0 Å². The minimum Gasteiger partial charge on any atom is -0.460 e. The van der Waals surface area contributed by atoms with Crippen LogP contribution in [0.3, 0.4) is 0 Å². The molecule has 1 amide bonds. The fourth-order valence-corrected chi connectivity index (χ4v) is 2.63. The highest BCUT2D eigenvalue weighted by Crippen LogP contribution is 2.22. The largest absolute Gasteiger partial charge is 0.460 e. The number of nitrogens with zero attached hydrogens (tertiary/aromatic N) is 1. The van der Waals surface area contributed by atoms with Crippen molar-refractivity contribution in [1.82, 2.24) is 4.90 Å². The minimum absolute atomic E-state index is 0.0198. The molecule has 0 N–H and O–H groups in total. The molecule has 4 nitrogen and oxygen atoms in total. The smallest absolute Gasteiger partial charge is 0.308 e. The van der Waals surface area contributed by atoms with Gasteiger partial charge < -0.3 is 9.64 Å². The van der Waals surface area contributed by atoms with Gasteiger partial charge in [0.05, 0.1) is 6.42 Å². The first-order chi connectivity index (χ1) is 9.33. The second-order valence-electron chi connectivity index (χ2n) is 6.63. The van der Waals surface area contributed by atoms with E-state index in [-0.39, 0.29) is 17.9 Å². The van der Waals surface area contributed by atoms with Crippen LogP contribution in [0.2, 0.25) is 0 Å². The minimum atomic E-state index is -0.458. The number of rotatable bonds is 7. The molecule has 1 fully saturated rings. The molecule has 0 aromatic rings. The van der Waals surface area contributed by atoms with E-state index in [4.69, 9.17) is 4.74 Å². The van der Waals surface area contributed by atoms with E-state index in [1.54, 1.807) is 0 Å². The summed E-state index contributed by atoms with van der Waals surface area (Å²) in [5, 5.41) is 0. The Hall–Kier alpha value is -1.06. The van der Waals surface area contributed by atoms with Gasteiger partial charge in [-0.2, -0.15) is 0 Å². The molecule has 1 heterocycles. The van der Waals surface area contributed by atoms with Crippen LogP contribution in [0.25, 0.3) is 0 Å². The van der Waals surface area contributed by atoms with Crippen molar-refractivity contribution in [3.05, 3.63) is 0 Å². The SMILES string of the molecule is CCCCC[C@H](CC(=O)OC(C)(C)C)N1CCCC1=O. The summed E-state index contributed by atoms with van der Waals surface area (Å²) >= 11 is 0. The molecule has 0 radical (unpaired) electrons. The van der Waals surface area contributed by atoms with Crippen LogP contribution < -0.4 is 0 Å². The maximum Gasteiger partial charge on any atom is 0.308 e. The second kappa shape index (κ2) is 7.65. The van der Waals surface area contributed by atoms with E-state index in [0.29, 0.717) is 12.8 Å². The molecule has 116 valence electrons. The lowest BCUT2D eigenvalue weighted by molar-refractivity contribution is -0.156. The van der Waals surface area contributed by atoms with E-state index in [0.717, 1.165) is 38.6 Å². The van der Waals surface area contributed by atoms with Crippen LogP contribution in [-0.2, 0) is 14.3 Å². The van der Waals surface area contributed by atoms with Gasteiger partial charge in [0.2, 0.25) is 5.91 Å². The number of unbranched alkanes of at least 4 members (excludes halogenated alkanes) is 2. The van der Waals surface area contributed by atoms with Gasteiger partial charge in [-0.05, 0) is 33.6 Å². The number of carbonyl (C=O) groups excluding carboxylic acids is 2. The molecule has 1 saturated heterocycles. The lowest BCUT2D eigenvalue weighted by Gasteiger charge is -2.28. The Labute approximate surface area is 122 Å². The maximum absolute atomic E-state index is 12.0. The van der Waals surface area contributed by atoms with E-state index in [1.165, 1.54) is 0 Å². The maximum atomic E-state index is 12.0. The molecule has 1 aliphatic rings. The lowest BCUT2D eigenvalue weighted by Crippen LogP contribution is -2.39.